The molecule has 0 aromatic carbocycles. The molecule has 4 N–H and O–H groups in total. The number of hydrogen-bond acceptors (Lipinski definition) is 18. The van der Waals surface area contributed by atoms with Gasteiger partial charge in [-0.25, -0.2) is 31.1 Å². The van der Waals surface area contributed by atoms with Crippen molar-refractivity contribution in [1.82, 2.24) is 24.6 Å². The van der Waals surface area contributed by atoms with Crippen molar-refractivity contribution >= 4 is 73.8 Å². The van der Waals surface area contributed by atoms with Gasteiger partial charge in [0, 0.05) is 75.7 Å². The Kier molecular flexibility index (Phi) is 17.3. The Morgan fingerprint density at radius 2 is 1.87 bits per heavy atom. The van der Waals surface area contributed by atoms with Crippen molar-refractivity contribution in [2.75, 3.05) is 79.4 Å². The highest BCUT2D eigenvalue weighted by molar-refractivity contribution is 7.94. The van der Waals surface area contributed by atoms with Crippen molar-refractivity contribution in [1.29, 1.82) is 5.41 Å². The molecule has 0 radical (unpaired) electrons. The molecular weight excluding hydrogens is 791 g/mol. The standard InChI is InChI=1S/C31H49N7O12S4/c1-6-33-23-18-38(10-7-13-46-5)54(44,45)30-22(23)16-27(52-30)53(42,43)36-24(39)20-48-25(40)8-9-26(41)50-21(17-34-31(2,3)4)19-49-28(32)29(35-51)37-11-14-47-15-12-37/h8-9,16,21,23,32-34,51H,6-7,10-15,17-20H2,1-5H3,(H,36,39)/b9-8-,32-28?,35-29+/t21-,23-/m0/s1. The number of thiophene rings is 1. The van der Waals surface area contributed by atoms with E-state index in [4.69, 9.17) is 29.1 Å². The van der Waals surface area contributed by atoms with Gasteiger partial charge in [0.1, 0.15) is 21.1 Å². The van der Waals surface area contributed by atoms with Gasteiger partial charge in [-0.05, 0) is 52.6 Å². The molecule has 0 bridgehead atoms. The second-order valence-corrected chi connectivity index (χ2v) is 18.2. The summed E-state index contributed by atoms with van der Waals surface area (Å²) in [6.45, 7) is 9.35. The van der Waals surface area contributed by atoms with Crippen LogP contribution in [-0.4, -0.2) is 147 Å². The summed E-state index contributed by atoms with van der Waals surface area (Å²) in [7, 11) is -7.07. The minimum absolute atomic E-state index is 0.0847. The summed E-state index contributed by atoms with van der Waals surface area (Å²) in [4.78, 5) is 39.2. The number of nitrogens with zero attached hydrogens (tertiary/aromatic N) is 3. The van der Waals surface area contributed by atoms with Crippen molar-refractivity contribution in [3.63, 3.8) is 0 Å². The number of amides is 1. The monoisotopic (exact) mass is 839 g/mol. The lowest BCUT2D eigenvalue weighted by Crippen LogP contribution is -2.46. The van der Waals surface area contributed by atoms with E-state index in [9.17, 15) is 31.2 Å². The molecule has 2 aliphatic heterocycles. The Bertz CT molecular complexity index is 1750. The Labute approximate surface area is 325 Å². The van der Waals surface area contributed by atoms with Crippen LogP contribution < -0.4 is 15.4 Å². The fourth-order valence-corrected chi connectivity index (χ4v) is 10.1. The molecule has 0 saturated carbocycles. The molecule has 1 saturated heterocycles. The number of likely N-dealkylation sites (N-methyl/N-ethyl adjacent to an activating group) is 1. The van der Waals surface area contributed by atoms with E-state index >= 15 is 0 Å². The quantitative estimate of drug-likeness (QED) is 0.0352. The molecule has 3 rings (SSSR count). The Morgan fingerprint density at radius 3 is 2.50 bits per heavy atom. The van der Waals surface area contributed by atoms with Crippen LogP contribution >= 0.6 is 24.2 Å². The number of fused-ring (bicyclic) bond motifs is 1. The van der Waals surface area contributed by atoms with Gasteiger partial charge in [-0.2, -0.15) is 8.70 Å². The Morgan fingerprint density at radius 1 is 1.19 bits per heavy atom. The van der Waals surface area contributed by atoms with Crippen LogP contribution in [0.2, 0.25) is 0 Å². The number of morpholine rings is 1. The van der Waals surface area contributed by atoms with Gasteiger partial charge in [-0.15, -0.1) is 11.3 Å². The van der Waals surface area contributed by atoms with Gasteiger partial charge in [0.25, 0.3) is 31.9 Å². The number of amidine groups is 1. The fraction of sp³-hybridized carbons (Fsp3) is 0.645. The third-order valence-electron chi connectivity index (χ3n) is 7.62. The lowest BCUT2D eigenvalue weighted by molar-refractivity contribution is -0.146. The number of esters is 2. The fourth-order valence-electron chi connectivity index (χ4n) is 5.05. The number of ether oxygens (including phenoxy) is 5. The van der Waals surface area contributed by atoms with Crippen LogP contribution in [0.4, 0.5) is 0 Å². The van der Waals surface area contributed by atoms with E-state index in [-0.39, 0.29) is 53.3 Å². The molecule has 304 valence electrons. The normalized spacial score (nSPS) is 18.5. The second kappa shape index (κ2) is 20.7. The predicted molar refractivity (Wildman–Crippen MR) is 202 cm³/mol. The van der Waals surface area contributed by atoms with Gasteiger partial charge >= 0.3 is 11.9 Å². The van der Waals surface area contributed by atoms with E-state index in [1.807, 2.05) is 27.7 Å². The van der Waals surface area contributed by atoms with Crippen LogP contribution in [0.3, 0.4) is 0 Å². The molecule has 3 heterocycles. The van der Waals surface area contributed by atoms with E-state index < -0.39 is 60.9 Å². The number of hydrogen-bond donors (Lipinski definition) is 5. The lowest BCUT2D eigenvalue weighted by Gasteiger charge is -2.32. The zero-order chi connectivity index (χ0) is 40.1. The van der Waals surface area contributed by atoms with E-state index in [0.29, 0.717) is 63.3 Å². The van der Waals surface area contributed by atoms with Gasteiger partial charge in [-0.1, -0.05) is 6.92 Å². The largest absolute Gasteiger partial charge is 0.471 e. The zero-order valence-corrected chi connectivity index (χ0v) is 34.1. The average Bonchev–Trinajstić information content (AvgIpc) is 3.59. The Balaban J connectivity index is 1.57. The highest BCUT2D eigenvalue weighted by Crippen LogP contribution is 2.40. The maximum absolute atomic E-state index is 13.3. The number of carbonyl (C=O) groups excluding carboxylic acids is 3. The topological polar surface area (TPSA) is 244 Å². The van der Waals surface area contributed by atoms with Gasteiger partial charge in [0.15, 0.2) is 12.4 Å². The number of carbonyl (C=O) groups is 3. The number of methoxy groups -OCH3 is 1. The van der Waals surface area contributed by atoms with E-state index in [1.165, 1.54) is 17.5 Å². The predicted octanol–water partition coefficient (Wildman–Crippen LogP) is 0.213. The molecule has 0 spiro atoms. The van der Waals surface area contributed by atoms with Crippen molar-refractivity contribution < 1.29 is 54.9 Å². The van der Waals surface area contributed by atoms with Crippen LogP contribution in [0.15, 0.2) is 31.0 Å². The number of nitrogens with one attached hydrogen (secondary N) is 4. The smallest absolute Gasteiger partial charge is 0.331 e. The molecule has 1 aromatic heterocycles. The van der Waals surface area contributed by atoms with Gasteiger partial charge in [-0.3, -0.25) is 10.2 Å². The van der Waals surface area contributed by atoms with E-state index in [0.717, 1.165) is 6.08 Å². The first-order valence-corrected chi connectivity index (χ1v) is 21.0. The lowest BCUT2D eigenvalue weighted by atomic mass is 10.1. The molecule has 0 unspecified atom stereocenters. The molecular formula is C31H49N7O12S4. The molecule has 2 aliphatic rings. The summed E-state index contributed by atoms with van der Waals surface area (Å²) in [6.07, 6.45) is 0.982. The van der Waals surface area contributed by atoms with Crippen LogP contribution in [0.5, 0.6) is 0 Å². The Hall–Kier alpha value is -3.16. The van der Waals surface area contributed by atoms with E-state index in [1.54, 1.807) is 9.62 Å². The van der Waals surface area contributed by atoms with Gasteiger partial charge < -0.3 is 39.2 Å². The molecule has 54 heavy (non-hydrogen) atoms. The number of rotatable bonds is 17. The average molecular weight is 840 g/mol. The molecule has 23 heteroatoms. The molecule has 0 aliphatic carbocycles. The summed E-state index contributed by atoms with van der Waals surface area (Å²) < 4.78 is 85.4. The molecule has 1 aromatic rings. The molecule has 19 nitrogen and oxygen atoms in total. The van der Waals surface area contributed by atoms with Crippen LogP contribution in [0, 0.1) is 5.41 Å². The molecule has 1 fully saturated rings. The number of thiol groups is 1. The summed E-state index contributed by atoms with van der Waals surface area (Å²) in [5.74, 6) is -3.43. The molecule has 1 amide bonds. The maximum atomic E-state index is 13.3. The first-order chi connectivity index (χ1) is 25.4. The van der Waals surface area contributed by atoms with Crippen LogP contribution in [0.1, 0.15) is 45.7 Å². The third kappa shape index (κ3) is 13.5. The highest BCUT2D eigenvalue weighted by Gasteiger charge is 2.40. The zero-order valence-electron chi connectivity index (χ0n) is 30.8. The summed E-state index contributed by atoms with van der Waals surface area (Å²) in [6, 6.07) is 0.723. The first kappa shape index (κ1) is 45.2. The van der Waals surface area contributed by atoms with Crippen molar-refractivity contribution in [2.45, 2.75) is 60.2 Å². The van der Waals surface area contributed by atoms with E-state index in [2.05, 4.69) is 27.8 Å². The summed E-state index contributed by atoms with van der Waals surface area (Å²) >= 11 is 4.46. The molecule has 2 atom stereocenters. The number of sulfonamides is 2. The minimum Gasteiger partial charge on any atom is -0.471 e. The second-order valence-electron chi connectivity index (χ2n) is 13.0. The van der Waals surface area contributed by atoms with Crippen molar-refractivity contribution in [3.05, 3.63) is 23.8 Å². The third-order valence-corrected chi connectivity index (χ3v) is 13.2. The maximum Gasteiger partial charge on any atom is 0.331 e. The minimum atomic E-state index is -4.56. The van der Waals surface area contributed by atoms with Crippen LogP contribution in [-0.2, 0) is 58.1 Å². The van der Waals surface area contributed by atoms with Crippen molar-refractivity contribution in [3.8, 4) is 0 Å². The highest BCUT2D eigenvalue weighted by atomic mass is 32.3. The SMILES string of the molecule is CCN[C@H]1CN(CCCOC)S(=O)(=O)c2sc(S(=O)(=O)NC(=O)COC(=O)/C=C\C(=O)O[C@@H](CNC(C)(C)C)COC(=N)/C(=N\S)N3CCOCC3)cc21. The van der Waals surface area contributed by atoms with Gasteiger partial charge in [0.05, 0.1) is 13.2 Å². The first-order valence-electron chi connectivity index (χ1n) is 16.9. The van der Waals surface area contributed by atoms with Crippen LogP contribution in [0.25, 0.3) is 0 Å². The van der Waals surface area contributed by atoms with Gasteiger partial charge in [0.2, 0.25) is 0 Å². The summed E-state index contributed by atoms with van der Waals surface area (Å²) in [5.41, 5.74) is -0.0932. The summed E-state index contributed by atoms with van der Waals surface area (Å²) in [5, 5.41) is 14.7. The van der Waals surface area contributed by atoms with Crippen molar-refractivity contribution in [2.24, 2.45) is 4.40 Å².